The summed E-state index contributed by atoms with van der Waals surface area (Å²) in [7, 11) is -3.41. The van der Waals surface area contributed by atoms with Crippen LogP contribution in [0, 0.1) is 5.41 Å². The first-order valence-corrected chi connectivity index (χ1v) is 6.13. The van der Waals surface area contributed by atoms with Crippen molar-refractivity contribution in [3.8, 4) is 0 Å². The van der Waals surface area contributed by atoms with Crippen LogP contribution in [0.2, 0.25) is 0 Å². The molecule has 0 spiro atoms. The molecule has 0 aromatic heterocycles. The molecule has 0 bridgehead atoms. The van der Waals surface area contributed by atoms with E-state index in [1.54, 1.807) is 20.8 Å². The summed E-state index contributed by atoms with van der Waals surface area (Å²) >= 11 is 0. The number of hydrogen-bond donors (Lipinski definition) is 2. The van der Waals surface area contributed by atoms with Crippen molar-refractivity contribution in [2.45, 2.75) is 27.2 Å². The van der Waals surface area contributed by atoms with E-state index in [0.29, 0.717) is 13.0 Å². The van der Waals surface area contributed by atoms with E-state index in [-0.39, 0.29) is 11.7 Å². The van der Waals surface area contributed by atoms with Crippen molar-refractivity contribution in [1.82, 2.24) is 5.32 Å². The zero-order valence-corrected chi connectivity index (χ0v) is 9.65. The molecule has 0 radical (unpaired) electrons. The number of carbonyl (C=O) groups is 1. The summed E-state index contributed by atoms with van der Waals surface area (Å²) in [5, 5.41) is 7.43. The van der Waals surface area contributed by atoms with Crippen LogP contribution in [0.25, 0.3) is 0 Å². The number of sulfonamides is 1. The lowest BCUT2D eigenvalue weighted by Gasteiger charge is -2.17. The molecule has 0 fully saturated rings. The van der Waals surface area contributed by atoms with E-state index in [0.717, 1.165) is 0 Å². The van der Waals surface area contributed by atoms with Crippen LogP contribution < -0.4 is 10.5 Å². The van der Waals surface area contributed by atoms with Gasteiger partial charge in [0.25, 0.3) is 0 Å². The standard InChI is InChI=1S/C8H18N2O3S/c1-8(2,3)7(11)10-5-4-6-14(9,12)13/h4-6H2,1-3H3,(H,10,11)(H2,9,12,13). The van der Waals surface area contributed by atoms with Crippen LogP contribution in [0.5, 0.6) is 0 Å². The van der Waals surface area contributed by atoms with Gasteiger partial charge in [-0.15, -0.1) is 0 Å². The van der Waals surface area contributed by atoms with E-state index >= 15 is 0 Å². The van der Waals surface area contributed by atoms with Crippen molar-refractivity contribution < 1.29 is 13.2 Å². The largest absolute Gasteiger partial charge is 0.356 e. The molecule has 0 saturated heterocycles. The first kappa shape index (κ1) is 13.4. The van der Waals surface area contributed by atoms with Crippen molar-refractivity contribution in [2.24, 2.45) is 10.6 Å². The molecule has 0 aliphatic carbocycles. The Balaban J connectivity index is 3.72. The van der Waals surface area contributed by atoms with Crippen molar-refractivity contribution in [2.75, 3.05) is 12.3 Å². The number of hydrogen-bond acceptors (Lipinski definition) is 3. The number of nitrogens with two attached hydrogens (primary N) is 1. The maximum Gasteiger partial charge on any atom is 0.225 e. The summed E-state index contributed by atoms with van der Waals surface area (Å²) < 4.78 is 21.1. The molecule has 5 nitrogen and oxygen atoms in total. The van der Waals surface area contributed by atoms with Crippen LogP contribution in [0.4, 0.5) is 0 Å². The van der Waals surface area contributed by atoms with E-state index < -0.39 is 15.4 Å². The van der Waals surface area contributed by atoms with Gasteiger partial charge in [0.2, 0.25) is 15.9 Å². The normalized spacial score (nSPS) is 12.6. The SMILES string of the molecule is CC(C)(C)C(=O)NCCCS(N)(=O)=O. The molecule has 0 rings (SSSR count). The Morgan fingerprint density at radius 1 is 1.36 bits per heavy atom. The highest BCUT2D eigenvalue weighted by molar-refractivity contribution is 7.89. The lowest BCUT2D eigenvalue weighted by Crippen LogP contribution is -2.36. The molecule has 0 saturated carbocycles. The zero-order valence-electron chi connectivity index (χ0n) is 8.83. The van der Waals surface area contributed by atoms with Gasteiger partial charge in [-0.3, -0.25) is 4.79 Å². The minimum Gasteiger partial charge on any atom is -0.356 e. The molecule has 3 N–H and O–H groups in total. The first-order valence-electron chi connectivity index (χ1n) is 4.42. The molecular formula is C8H18N2O3S. The number of amides is 1. The Kier molecular flexibility index (Phi) is 4.54. The highest BCUT2D eigenvalue weighted by Gasteiger charge is 2.20. The molecule has 0 aromatic rings. The van der Waals surface area contributed by atoms with Crippen molar-refractivity contribution >= 4 is 15.9 Å². The molecule has 0 atom stereocenters. The molecule has 0 aromatic carbocycles. The Bertz CT molecular complexity index is 290. The fourth-order valence-electron chi connectivity index (χ4n) is 0.740. The quantitative estimate of drug-likeness (QED) is 0.647. The van der Waals surface area contributed by atoms with E-state index in [2.05, 4.69) is 5.32 Å². The minimum atomic E-state index is -3.41. The molecule has 6 heteroatoms. The minimum absolute atomic E-state index is 0.0908. The van der Waals surface area contributed by atoms with Crippen LogP contribution in [0.3, 0.4) is 0 Å². The van der Waals surface area contributed by atoms with E-state index in [1.165, 1.54) is 0 Å². The summed E-state index contributed by atoms with van der Waals surface area (Å²) in [5.74, 6) is -0.191. The Morgan fingerprint density at radius 2 is 1.86 bits per heavy atom. The molecule has 0 unspecified atom stereocenters. The Morgan fingerprint density at radius 3 is 2.21 bits per heavy atom. The molecule has 84 valence electrons. The van der Waals surface area contributed by atoms with Crippen LogP contribution >= 0.6 is 0 Å². The molecule has 0 heterocycles. The highest BCUT2D eigenvalue weighted by atomic mass is 32.2. The van der Waals surface area contributed by atoms with Gasteiger partial charge in [-0.25, -0.2) is 13.6 Å². The van der Waals surface area contributed by atoms with Crippen LogP contribution in [-0.2, 0) is 14.8 Å². The smallest absolute Gasteiger partial charge is 0.225 e. The second-order valence-corrected chi connectivity index (χ2v) is 5.96. The lowest BCUT2D eigenvalue weighted by atomic mass is 9.96. The third kappa shape index (κ3) is 6.85. The second kappa shape index (κ2) is 4.75. The fraction of sp³-hybridized carbons (Fsp3) is 0.875. The van der Waals surface area contributed by atoms with Gasteiger partial charge in [0.15, 0.2) is 0 Å². The van der Waals surface area contributed by atoms with Gasteiger partial charge >= 0.3 is 0 Å². The fourth-order valence-corrected chi connectivity index (χ4v) is 1.29. The number of primary sulfonamides is 1. The van der Waals surface area contributed by atoms with Crippen molar-refractivity contribution in [1.29, 1.82) is 0 Å². The van der Waals surface area contributed by atoms with Crippen molar-refractivity contribution in [3.05, 3.63) is 0 Å². The average Bonchev–Trinajstić information content (AvgIpc) is 1.93. The van der Waals surface area contributed by atoms with Gasteiger partial charge in [0.05, 0.1) is 5.75 Å². The molecule has 0 aliphatic heterocycles. The summed E-state index contributed by atoms with van der Waals surface area (Å²) in [4.78, 5) is 11.3. The average molecular weight is 222 g/mol. The van der Waals surface area contributed by atoms with Gasteiger partial charge in [0.1, 0.15) is 0 Å². The van der Waals surface area contributed by atoms with E-state index in [4.69, 9.17) is 5.14 Å². The summed E-state index contributed by atoms with van der Waals surface area (Å²) in [6.45, 7) is 5.72. The van der Waals surface area contributed by atoms with Crippen LogP contribution in [-0.4, -0.2) is 26.6 Å². The van der Waals surface area contributed by atoms with Crippen LogP contribution in [0.15, 0.2) is 0 Å². The van der Waals surface area contributed by atoms with E-state index in [9.17, 15) is 13.2 Å². The third-order valence-corrected chi connectivity index (χ3v) is 2.43. The van der Waals surface area contributed by atoms with Gasteiger partial charge in [-0.1, -0.05) is 20.8 Å². The third-order valence-electron chi connectivity index (χ3n) is 1.57. The van der Waals surface area contributed by atoms with E-state index in [1.807, 2.05) is 0 Å². The topological polar surface area (TPSA) is 89.3 Å². The van der Waals surface area contributed by atoms with Gasteiger partial charge < -0.3 is 5.32 Å². The summed E-state index contributed by atoms with van der Waals surface area (Å²) in [6.07, 6.45) is 0.348. The van der Waals surface area contributed by atoms with Gasteiger partial charge in [-0.05, 0) is 6.42 Å². The predicted octanol–water partition coefficient (Wildman–Crippen LogP) is -0.173. The number of nitrogens with one attached hydrogen (secondary N) is 1. The van der Waals surface area contributed by atoms with Gasteiger partial charge in [-0.2, -0.15) is 0 Å². The Labute approximate surface area is 85.1 Å². The maximum absolute atomic E-state index is 11.3. The zero-order chi connectivity index (χ0) is 11.4. The predicted molar refractivity (Wildman–Crippen MR) is 55.1 cm³/mol. The maximum atomic E-state index is 11.3. The number of carbonyl (C=O) groups excluding carboxylic acids is 1. The highest BCUT2D eigenvalue weighted by Crippen LogP contribution is 2.11. The number of rotatable bonds is 4. The lowest BCUT2D eigenvalue weighted by molar-refractivity contribution is -0.128. The molecular weight excluding hydrogens is 204 g/mol. The molecule has 1 amide bonds. The van der Waals surface area contributed by atoms with Gasteiger partial charge in [0, 0.05) is 12.0 Å². The summed E-state index contributed by atoms with van der Waals surface area (Å²) in [6, 6.07) is 0. The van der Waals surface area contributed by atoms with Crippen molar-refractivity contribution in [3.63, 3.8) is 0 Å². The second-order valence-electron chi connectivity index (χ2n) is 4.23. The molecule has 14 heavy (non-hydrogen) atoms. The Hall–Kier alpha value is -0.620. The first-order chi connectivity index (χ1) is 6.13. The summed E-state index contributed by atoms with van der Waals surface area (Å²) in [5.41, 5.74) is -0.443. The monoisotopic (exact) mass is 222 g/mol. The van der Waals surface area contributed by atoms with Crippen LogP contribution in [0.1, 0.15) is 27.2 Å². The molecule has 0 aliphatic rings.